The van der Waals surface area contributed by atoms with Gasteiger partial charge in [-0.3, -0.25) is 4.79 Å². The third-order valence-corrected chi connectivity index (χ3v) is 8.76. The maximum atomic E-state index is 12.3. The Labute approximate surface area is 253 Å². The van der Waals surface area contributed by atoms with Gasteiger partial charge in [-0.25, -0.2) is 0 Å². The molecule has 7 nitrogen and oxygen atoms in total. The summed E-state index contributed by atoms with van der Waals surface area (Å²) in [4.78, 5) is 14.5. The number of likely N-dealkylation sites (N-methyl/N-ethyl adjacent to an activating group) is 1. The number of nitrogens with zero attached hydrogens (tertiary/aromatic N) is 1. The van der Waals surface area contributed by atoms with E-state index in [9.17, 15) is 20.1 Å². The molecule has 8 heteroatoms. The average molecular weight is 593 g/mol. The number of aryl methyl sites for hydroxylation is 2. The van der Waals surface area contributed by atoms with Gasteiger partial charge in [0.15, 0.2) is 0 Å². The van der Waals surface area contributed by atoms with Gasteiger partial charge in [0.25, 0.3) is 0 Å². The van der Waals surface area contributed by atoms with Crippen molar-refractivity contribution < 1.29 is 24.9 Å². The quantitative estimate of drug-likeness (QED) is 0.238. The standard InChI is InChI=1S/C34H44N2O5S/c1-23-12-17-27(33-31(39)30(38)32(40)34(41-33)42-3)21-28(23)20-25-15-13-24(14-16-25)10-7-11-29(37)35-18-19-36(2)22-26-8-5-4-6-9-26/h4-6,8-9,12-17,21,30-34,38-40H,7,10-11,18-20,22H2,1-3H3,(H,35,37)/t30-,31-,32+,33+,34-/m1/s1. The van der Waals surface area contributed by atoms with E-state index in [1.165, 1.54) is 28.5 Å². The van der Waals surface area contributed by atoms with E-state index in [0.717, 1.165) is 49.0 Å². The second-order valence-corrected chi connectivity index (χ2v) is 12.2. The van der Waals surface area contributed by atoms with Crippen molar-refractivity contribution in [3.05, 3.63) is 106 Å². The molecule has 1 saturated heterocycles. The highest BCUT2D eigenvalue weighted by Gasteiger charge is 2.44. The summed E-state index contributed by atoms with van der Waals surface area (Å²) in [7, 11) is 2.06. The SMILES string of the molecule is CS[C@H]1O[C@@H](c2ccc(C)c(Cc3ccc(CCCC(=O)NCCN(C)Cc4ccccc4)cc3)c2)[C@H](O)[C@@H](O)[C@@H]1O. The lowest BCUT2D eigenvalue weighted by atomic mass is 9.91. The molecule has 0 unspecified atom stereocenters. The molecule has 5 atom stereocenters. The molecule has 1 amide bonds. The smallest absolute Gasteiger partial charge is 0.220 e. The molecule has 3 aromatic carbocycles. The van der Waals surface area contributed by atoms with Gasteiger partial charge in [-0.1, -0.05) is 72.8 Å². The van der Waals surface area contributed by atoms with Crippen molar-refractivity contribution in [2.24, 2.45) is 0 Å². The Balaban J connectivity index is 1.22. The monoisotopic (exact) mass is 592 g/mol. The van der Waals surface area contributed by atoms with E-state index in [-0.39, 0.29) is 5.91 Å². The second-order valence-electron chi connectivity index (χ2n) is 11.2. The first kappa shape index (κ1) is 32.2. The van der Waals surface area contributed by atoms with Crippen LogP contribution in [0.4, 0.5) is 0 Å². The number of hydrogen-bond donors (Lipinski definition) is 4. The Bertz CT molecular complexity index is 1270. The maximum absolute atomic E-state index is 12.3. The summed E-state index contributed by atoms with van der Waals surface area (Å²) in [5.74, 6) is 0.0908. The van der Waals surface area contributed by atoms with Crippen molar-refractivity contribution in [2.45, 2.75) is 69.0 Å². The number of benzene rings is 3. The molecule has 0 radical (unpaired) electrons. The second kappa shape index (κ2) is 15.7. The minimum absolute atomic E-state index is 0.0908. The number of carbonyl (C=O) groups is 1. The lowest BCUT2D eigenvalue weighted by Gasteiger charge is -2.40. The molecule has 0 aliphatic carbocycles. The molecule has 0 saturated carbocycles. The molecule has 0 spiro atoms. The van der Waals surface area contributed by atoms with Crippen molar-refractivity contribution in [1.82, 2.24) is 10.2 Å². The van der Waals surface area contributed by atoms with Crippen LogP contribution in [0.5, 0.6) is 0 Å². The Kier molecular flexibility index (Phi) is 12.0. The molecule has 226 valence electrons. The van der Waals surface area contributed by atoms with Crippen LogP contribution >= 0.6 is 11.8 Å². The summed E-state index contributed by atoms with van der Waals surface area (Å²) in [6.07, 6.45) is 0.358. The van der Waals surface area contributed by atoms with Gasteiger partial charge >= 0.3 is 0 Å². The molecule has 0 aromatic heterocycles. The molecule has 1 fully saturated rings. The van der Waals surface area contributed by atoms with Gasteiger partial charge in [0.05, 0.1) is 0 Å². The van der Waals surface area contributed by atoms with Crippen LogP contribution in [0.25, 0.3) is 0 Å². The minimum Gasteiger partial charge on any atom is -0.387 e. The van der Waals surface area contributed by atoms with E-state index in [0.29, 0.717) is 13.0 Å². The Morgan fingerprint density at radius 3 is 2.36 bits per heavy atom. The van der Waals surface area contributed by atoms with E-state index < -0.39 is 29.9 Å². The highest BCUT2D eigenvalue weighted by atomic mass is 32.2. The molecule has 42 heavy (non-hydrogen) atoms. The van der Waals surface area contributed by atoms with Gasteiger partial charge in [-0.2, -0.15) is 0 Å². The Morgan fingerprint density at radius 1 is 0.929 bits per heavy atom. The summed E-state index contributed by atoms with van der Waals surface area (Å²) in [6.45, 7) is 4.37. The first-order valence-corrected chi connectivity index (χ1v) is 15.9. The summed E-state index contributed by atoms with van der Waals surface area (Å²) in [5.41, 5.74) is 6.06. The first-order valence-electron chi connectivity index (χ1n) is 14.6. The Hall–Kier alpha value is -2.72. The lowest BCUT2D eigenvalue weighted by molar-refractivity contribution is -0.200. The molecular formula is C34H44N2O5S. The number of nitrogens with one attached hydrogen (secondary N) is 1. The van der Waals surface area contributed by atoms with E-state index in [1.807, 2.05) is 42.7 Å². The number of amides is 1. The first-order chi connectivity index (χ1) is 20.2. The molecule has 4 N–H and O–H groups in total. The summed E-state index contributed by atoms with van der Waals surface area (Å²) >= 11 is 1.31. The van der Waals surface area contributed by atoms with Gasteiger partial charge < -0.3 is 30.3 Å². The molecule has 4 rings (SSSR count). The zero-order valence-corrected chi connectivity index (χ0v) is 25.6. The topological polar surface area (TPSA) is 102 Å². The van der Waals surface area contributed by atoms with Gasteiger partial charge in [0, 0.05) is 26.1 Å². The number of ether oxygens (including phenoxy) is 1. The Morgan fingerprint density at radius 2 is 1.64 bits per heavy atom. The van der Waals surface area contributed by atoms with Crippen LogP contribution in [-0.2, 0) is 28.9 Å². The number of rotatable bonds is 13. The fourth-order valence-corrected chi connectivity index (χ4v) is 5.99. The maximum Gasteiger partial charge on any atom is 0.220 e. The fourth-order valence-electron chi connectivity index (χ4n) is 5.32. The van der Waals surface area contributed by atoms with Crippen LogP contribution in [0, 0.1) is 6.92 Å². The number of thioether (sulfide) groups is 1. The lowest BCUT2D eigenvalue weighted by Crippen LogP contribution is -2.52. The number of aliphatic hydroxyl groups is 3. The zero-order chi connectivity index (χ0) is 30.1. The van der Waals surface area contributed by atoms with E-state index in [4.69, 9.17) is 4.74 Å². The van der Waals surface area contributed by atoms with E-state index >= 15 is 0 Å². The third kappa shape index (κ3) is 8.89. The molecule has 3 aromatic rings. The van der Waals surface area contributed by atoms with Crippen LogP contribution in [0.1, 0.15) is 52.3 Å². The van der Waals surface area contributed by atoms with Crippen LogP contribution < -0.4 is 5.32 Å². The molecule has 1 aliphatic rings. The fraction of sp³-hybridized carbons (Fsp3) is 0.441. The van der Waals surface area contributed by atoms with Crippen LogP contribution in [0.15, 0.2) is 72.8 Å². The number of carbonyl (C=O) groups excluding carboxylic acids is 1. The predicted molar refractivity (Wildman–Crippen MR) is 168 cm³/mol. The van der Waals surface area contributed by atoms with Crippen LogP contribution in [0.3, 0.4) is 0 Å². The molecule has 1 aliphatic heterocycles. The third-order valence-electron chi connectivity index (χ3n) is 7.90. The highest BCUT2D eigenvalue weighted by Crippen LogP contribution is 2.36. The zero-order valence-electron chi connectivity index (χ0n) is 24.8. The van der Waals surface area contributed by atoms with Crippen molar-refractivity contribution in [1.29, 1.82) is 0 Å². The van der Waals surface area contributed by atoms with Crippen LogP contribution in [-0.4, -0.2) is 76.3 Å². The van der Waals surface area contributed by atoms with Crippen molar-refractivity contribution in [3.8, 4) is 0 Å². The number of hydrogen-bond acceptors (Lipinski definition) is 7. The normalized spacial score (nSPS) is 22.3. The van der Waals surface area contributed by atoms with Gasteiger partial charge in [0.1, 0.15) is 29.9 Å². The van der Waals surface area contributed by atoms with E-state index in [2.05, 4.69) is 60.6 Å². The van der Waals surface area contributed by atoms with Crippen molar-refractivity contribution in [2.75, 3.05) is 26.4 Å². The molecule has 0 bridgehead atoms. The van der Waals surface area contributed by atoms with E-state index in [1.54, 1.807) is 0 Å². The summed E-state index contributed by atoms with van der Waals surface area (Å²) in [6, 6.07) is 24.8. The summed E-state index contributed by atoms with van der Waals surface area (Å²) in [5, 5.41) is 34.2. The van der Waals surface area contributed by atoms with Crippen molar-refractivity contribution in [3.63, 3.8) is 0 Å². The largest absolute Gasteiger partial charge is 0.387 e. The predicted octanol–water partition coefficient (Wildman–Crippen LogP) is 4.00. The average Bonchev–Trinajstić information content (AvgIpc) is 2.99. The van der Waals surface area contributed by atoms with Crippen LogP contribution in [0.2, 0.25) is 0 Å². The van der Waals surface area contributed by atoms with Crippen molar-refractivity contribution >= 4 is 17.7 Å². The highest BCUT2D eigenvalue weighted by molar-refractivity contribution is 7.99. The summed E-state index contributed by atoms with van der Waals surface area (Å²) < 4.78 is 5.96. The van der Waals surface area contributed by atoms with Gasteiger partial charge in [-0.15, -0.1) is 11.8 Å². The van der Waals surface area contributed by atoms with Gasteiger partial charge in [-0.05, 0) is 72.9 Å². The molecule has 1 heterocycles. The van der Waals surface area contributed by atoms with Gasteiger partial charge in [0.2, 0.25) is 5.91 Å². The minimum atomic E-state index is -1.27. The molecular weight excluding hydrogens is 548 g/mol. The number of aliphatic hydroxyl groups excluding tert-OH is 3.